The molecule has 0 unspecified atom stereocenters. The second-order valence-electron chi connectivity index (χ2n) is 6.02. The van der Waals surface area contributed by atoms with Crippen LogP contribution in [0.2, 0.25) is 0 Å². The van der Waals surface area contributed by atoms with Crippen LogP contribution in [0.1, 0.15) is 21.5 Å². The van der Waals surface area contributed by atoms with E-state index in [9.17, 15) is 30.7 Å². The summed E-state index contributed by atoms with van der Waals surface area (Å²) in [5, 5.41) is -0.354. The molecule has 0 saturated carbocycles. The van der Waals surface area contributed by atoms with Gasteiger partial charge in [-0.3, -0.25) is 13.9 Å². The summed E-state index contributed by atoms with van der Waals surface area (Å²) in [6.07, 6.45) is 1.20. The Bertz CT molecular complexity index is 1380. The molecule has 0 spiro atoms. The largest absolute Gasteiger partial charge is 0.398 e. The van der Waals surface area contributed by atoms with E-state index in [1.165, 1.54) is 18.2 Å². The van der Waals surface area contributed by atoms with Crippen LogP contribution in [-0.4, -0.2) is 31.7 Å². The molecule has 0 bridgehead atoms. The number of fused-ring (bicyclic) bond motifs is 1. The second-order valence-corrected chi connectivity index (χ2v) is 8.83. The number of carbonyl (C=O) groups excluding carboxylic acids is 1. The van der Waals surface area contributed by atoms with Gasteiger partial charge in [0.25, 0.3) is 20.2 Å². The average molecular weight is 432 g/mol. The number of nitrogens with two attached hydrogens (primary N) is 1. The van der Waals surface area contributed by atoms with Crippen LogP contribution in [0.4, 0.5) is 5.69 Å². The van der Waals surface area contributed by atoms with Gasteiger partial charge in [0.15, 0.2) is 5.78 Å². The Morgan fingerprint density at radius 2 is 1.66 bits per heavy atom. The molecule has 3 rings (SSSR count). The van der Waals surface area contributed by atoms with Crippen molar-refractivity contribution in [2.75, 3.05) is 5.73 Å². The molecule has 10 heteroatoms. The molecular weight excluding hydrogens is 418 g/mol. The minimum Gasteiger partial charge on any atom is -0.398 e. The normalized spacial score (nSPS) is 12.1. The molecule has 0 heterocycles. The van der Waals surface area contributed by atoms with Crippen molar-refractivity contribution in [2.24, 2.45) is 0 Å². The maximum absolute atomic E-state index is 13.0. The Morgan fingerprint density at radius 3 is 2.17 bits per heavy atom. The van der Waals surface area contributed by atoms with Gasteiger partial charge in [-0.25, -0.2) is 0 Å². The van der Waals surface area contributed by atoms with E-state index in [0.29, 0.717) is 6.07 Å². The Kier molecular flexibility index (Phi) is 5.05. The lowest BCUT2D eigenvalue weighted by Crippen LogP contribution is -2.11. The molecule has 0 aliphatic carbocycles. The fraction of sp³-hybridized carbons (Fsp3) is 0. The number of anilines is 1. The average Bonchev–Trinajstić information content (AvgIpc) is 2.64. The summed E-state index contributed by atoms with van der Waals surface area (Å²) < 4.78 is 65.7. The molecule has 149 valence electrons. The van der Waals surface area contributed by atoms with Crippen LogP contribution >= 0.6 is 0 Å². The molecular formula is C19H14NO7S2. The van der Waals surface area contributed by atoms with E-state index in [-0.39, 0.29) is 33.2 Å². The first-order valence-electron chi connectivity index (χ1n) is 7.95. The Labute approximate surface area is 166 Å². The third-order valence-electron chi connectivity index (χ3n) is 4.21. The molecule has 0 amide bonds. The lowest BCUT2D eigenvalue weighted by atomic mass is 9.92. The lowest BCUT2D eigenvalue weighted by molar-refractivity contribution is 0.103. The van der Waals surface area contributed by atoms with Gasteiger partial charge in [0, 0.05) is 17.0 Å². The van der Waals surface area contributed by atoms with Crippen molar-refractivity contribution in [1.82, 2.24) is 0 Å². The zero-order valence-corrected chi connectivity index (χ0v) is 16.3. The number of hydrogen-bond acceptors (Lipinski definition) is 6. The third kappa shape index (κ3) is 3.78. The highest BCUT2D eigenvalue weighted by Gasteiger charge is 2.25. The maximum Gasteiger partial charge on any atom is 0.295 e. The van der Waals surface area contributed by atoms with E-state index in [2.05, 4.69) is 12.6 Å². The second kappa shape index (κ2) is 7.08. The van der Waals surface area contributed by atoms with Crippen LogP contribution < -0.4 is 5.73 Å². The number of hydrogen-bond donors (Lipinski definition) is 3. The molecule has 0 aliphatic rings. The van der Waals surface area contributed by atoms with E-state index < -0.39 is 35.8 Å². The Balaban J connectivity index is 2.51. The van der Waals surface area contributed by atoms with Crippen LogP contribution in [0, 0.1) is 6.07 Å². The number of rotatable bonds is 5. The summed E-state index contributed by atoms with van der Waals surface area (Å²) in [6, 6.07) is 12.1. The van der Waals surface area contributed by atoms with Crippen molar-refractivity contribution in [3.63, 3.8) is 0 Å². The first kappa shape index (κ1) is 20.7. The molecule has 1 radical (unpaired) electrons. The molecule has 0 atom stereocenters. The van der Waals surface area contributed by atoms with Gasteiger partial charge in [-0.05, 0) is 23.1 Å². The molecule has 8 nitrogen and oxygen atoms in total. The van der Waals surface area contributed by atoms with E-state index in [1.807, 2.05) is 0 Å². The predicted molar refractivity (Wildman–Crippen MR) is 107 cm³/mol. The highest BCUT2D eigenvalue weighted by Crippen LogP contribution is 2.35. The highest BCUT2D eigenvalue weighted by atomic mass is 32.2. The van der Waals surface area contributed by atoms with Crippen LogP contribution in [0.15, 0.2) is 58.8 Å². The van der Waals surface area contributed by atoms with Gasteiger partial charge < -0.3 is 5.73 Å². The molecule has 0 fully saturated rings. The summed E-state index contributed by atoms with van der Waals surface area (Å²) in [6.45, 7) is 3.60. The van der Waals surface area contributed by atoms with Crippen molar-refractivity contribution < 1.29 is 30.7 Å². The highest BCUT2D eigenvalue weighted by molar-refractivity contribution is 7.86. The van der Waals surface area contributed by atoms with Crippen molar-refractivity contribution >= 4 is 48.6 Å². The smallest absolute Gasteiger partial charge is 0.295 e. The van der Waals surface area contributed by atoms with Crippen LogP contribution in [0.25, 0.3) is 16.8 Å². The first-order chi connectivity index (χ1) is 13.4. The van der Waals surface area contributed by atoms with Gasteiger partial charge in [-0.2, -0.15) is 16.8 Å². The summed E-state index contributed by atoms with van der Waals surface area (Å²) in [5.74, 6) is -0.526. The van der Waals surface area contributed by atoms with Crippen molar-refractivity contribution in [1.29, 1.82) is 0 Å². The minimum atomic E-state index is -4.92. The fourth-order valence-corrected chi connectivity index (χ4v) is 4.25. The van der Waals surface area contributed by atoms with E-state index >= 15 is 0 Å². The molecule has 4 N–H and O–H groups in total. The molecule has 3 aromatic rings. The topological polar surface area (TPSA) is 152 Å². The molecule has 0 aromatic heterocycles. The lowest BCUT2D eigenvalue weighted by Gasteiger charge is -2.15. The van der Waals surface area contributed by atoms with Crippen molar-refractivity contribution in [2.45, 2.75) is 9.79 Å². The Morgan fingerprint density at radius 1 is 1.03 bits per heavy atom. The predicted octanol–water partition coefficient (Wildman–Crippen LogP) is 2.59. The molecule has 0 aliphatic heterocycles. The van der Waals surface area contributed by atoms with E-state index in [4.69, 9.17) is 5.73 Å². The zero-order chi connectivity index (χ0) is 21.6. The van der Waals surface area contributed by atoms with Gasteiger partial charge in [-0.1, -0.05) is 43.0 Å². The van der Waals surface area contributed by atoms with Crippen LogP contribution in [0.5, 0.6) is 0 Å². The molecule has 0 saturated heterocycles. The monoisotopic (exact) mass is 432 g/mol. The van der Waals surface area contributed by atoms with Gasteiger partial charge in [0.2, 0.25) is 0 Å². The summed E-state index contributed by atoms with van der Waals surface area (Å²) in [5.41, 5.74) is 5.98. The van der Waals surface area contributed by atoms with Gasteiger partial charge in [0.05, 0.1) is 16.1 Å². The number of nitrogen functional groups attached to an aromatic ring is 1. The van der Waals surface area contributed by atoms with Gasteiger partial charge >= 0.3 is 0 Å². The zero-order valence-electron chi connectivity index (χ0n) is 14.7. The van der Waals surface area contributed by atoms with Gasteiger partial charge in [0.1, 0.15) is 4.90 Å². The van der Waals surface area contributed by atoms with E-state index in [1.54, 1.807) is 18.2 Å². The third-order valence-corrected chi connectivity index (χ3v) is 5.92. The summed E-state index contributed by atoms with van der Waals surface area (Å²) in [7, 11) is -9.76. The number of carbonyl (C=O) groups is 1. The molecule has 29 heavy (non-hydrogen) atoms. The van der Waals surface area contributed by atoms with E-state index in [0.717, 1.165) is 6.07 Å². The van der Waals surface area contributed by atoms with Crippen molar-refractivity contribution in [3.05, 3.63) is 71.8 Å². The van der Waals surface area contributed by atoms with Gasteiger partial charge in [-0.15, -0.1) is 0 Å². The first-order valence-corrected chi connectivity index (χ1v) is 10.8. The standard InChI is InChI=1S/C19H14NO7S2/c1-2-13-14-8-12(28(22,23)24)9-17(29(25,26)27)15(14)10-16(20)18(13)19(21)11-6-4-3-5-7-11/h2-9H,1,20H2,(H,22,23,24)(H,25,26,27). The SMILES string of the molecule is C=Cc1c(C(=O)c2ccccc2)c(N)[c]c2c(S(=O)(=O)O)cc(S(=O)(=O)O)cc12. The Hall–Kier alpha value is -3.05. The summed E-state index contributed by atoms with van der Waals surface area (Å²) in [4.78, 5) is 11.3. The van der Waals surface area contributed by atoms with Crippen LogP contribution in [0.3, 0.4) is 0 Å². The molecule has 3 aromatic carbocycles. The summed E-state index contributed by atoms with van der Waals surface area (Å²) >= 11 is 0. The van der Waals surface area contributed by atoms with Crippen LogP contribution in [-0.2, 0) is 20.2 Å². The number of benzene rings is 3. The fourth-order valence-electron chi connectivity index (χ4n) is 2.95. The maximum atomic E-state index is 13.0. The quantitative estimate of drug-likeness (QED) is 0.316. The minimum absolute atomic E-state index is 0.0282. The van der Waals surface area contributed by atoms with Crippen molar-refractivity contribution in [3.8, 4) is 0 Å². The number of ketones is 1.